The Hall–Kier alpha value is -2.01. The van der Waals surface area contributed by atoms with Gasteiger partial charge in [-0.15, -0.1) is 10.2 Å². The van der Waals surface area contributed by atoms with Gasteiger partial charge in [0.15, 0.2) is 21.3 Å². The Balaban J connectivity index is 1.81. The molecule has 1 aromatic carbocycles. The summed E-state index contributed by atoms with van der Waals surface area (Å²) < 4.78 is 58.7. The monoisotopic (exact) mass is 475 g/mol. The standard InChI is InChI=1S/C14H8BrF2N5O3S2/c15-8-4-6(27(23,24)22-14(5-18)1-2-14)3-7-9(21-25-10(7)8)12-19-20-13(26-12)11(16)17/h3-4,11,22H,1-2H2. The molecular weight excluding hydrogens is 468 g/mol. The number of sulfonamides is 1. The second-order valence-electron chi connectivity index (χ2n) is 5.86. The van der Waals surface area contributed by atoms with Gasteiger partial charge in [0, 0.05) is 0 Å². The molecule has 0 radical (unpaired) electrons. The smallest absolute Gasteiger partial charge is 0.291 e. The first kappa shape index (κ1) is 18.4. The molecule has 4 rings (SSSR count). The zero-order valence-electron chi connectivity index (χ0n) is 13.1. The first-order valence-electron chi connectivity index (χ1n) is 7.41. The normalized spacial score (nSPS) is 16.0. The van der Waals surface area contributed by atoms with Gasteiger partial charge in [-0.1, -0.05) is 16.5 Å². The Morgan fingerprint density at radius 1 is 1.37 bits per heavy atom. The molecular formula is C14H8BrF2N5O3S2. The Kier molecular flexibility index (Phi) is 4.26. The van der Waals surface area contributed by atoms with Crippen LogP contribution in [0.1, 0.15) is 24.3 Å². The van der Waals surface area contributed by atoms with Crippen molar-refractivity contribution >= 4 is 48.3 Å². The lowest BCUT2D eigenvalue weighted by atomic mass is 10.2. The van der Waals surface area contributed by atoms with E-state index in [-0.39, 0.29) is 26.6 Å². The SMILES string of the molecule is N#CC1(NS(=O)(=O)c2cc(Br)c3onc(-c4nnc(C(F)F)s4)c3c2)CC1. The highest BCUT2D eigenvalue weighted by Gasteiger charge is 2.47. The van der Waals surface area contributed by atoms with Gasteiger partial charge in [-0.25, -0.2) is 17.2 Å². The highest BCUT2D eigenvalue weighted by molar-refractivity contribution is 9.10. The van der Waals surface area contributed by atoms with E-state index in [1.165, 1.54) is 12.1 Å². The molecule has 0 atom stereocenters. The van der Waals surface area contributed by atoms with Gasteiger partial charge < -0.3 is 4.52 Å². The maximum Gasteiger partial charge on any atom is 0.291 e. The molecule has 27 heavy (non-hydrogen) atoms. The van der Waals surface area contributed by atoms with Crippen molar-refractivity contribution in [1.29, 1.82) is 5.26 Å². The quantitative estimate of drug-likeness (QED) is 0.599. The first-order chi connectivity index (χ1) is 12.7. The first-order valence-corrected chi connectivity index (χ1v) is 10.5. The van der Waals surface area contributed by atoms with Crippen molar-refractivity contribution in [1.82, 2.24) is 20.1 Å². The summed E-state index contributed by atoms with van der Waals surface area (Å²) in [5, 5.41) is 19.9. The van der Waals surface area contributed by atoms with Gasteiger partial charge >= 0.3 is 0 Å². The van der Waals surface area contributed by atoms with Crippen LogP contribution in [0.5, 0.6) is 0 Å². The van der Waals surface area contributed by atoms with Crippen LogP contribution in [0.2, 0.25) is 0 Å². The molecule has 1 saturated carbocycles. The Bertz CT molecular complexity index is 1200. The summed E-state index contributed by atoms with van der Waals surface area (Å²) in [4.78, 5) is -0.119. The van der Waals surface area contributed by atoms with E-state index in [4.69, 9.17) is 9.78 Å². The number of rotatable bonds is 5. The third-order valence-electron chi connectivity index (χ3n) is 3.93. The van der Waals surface area contributed by atoms with Crippen LogP contribution >= 0.6 is 27.3 Å². The van der Waals surface area contributed by atoms with Gasteiger partial charge in [0.2, 0.25) is 10.0 Å². The summed E-state index contributed by atoms with van der Waals surface area (Å²) >= 11 is 3.86. The van der Waals surface area contributed by atoms with E-state index >= 15 is 0 Å². The molecule has 0 amide bonds. The zero-order valence-corrected chi connectivity index (χ0v) is 16.3. The molecule has 2 heterocycles. The molecule has 140 valence electrons. The highest BCUT2D eigenvalue weighted by Crippen LogP contribution is 2.39. The van der Waals surface area contributed by atoms with E-state index in [1.807, 2.05) is 6.07 Å². The number of fused-ring (bicyclic) bond motifs is 1. The third kappa shape index (κ3) is 3.22. The van der Waals surface area contributed by atoms with E-state index < -0.39 is 27.0 Å². The van der Waals surface area contributed by atoms with Crippen molar-refractivity contribution in [2.45, 2.75) is 29.7 Å². The molecule has 0 bridgehead atoms. The van der Waals surface area contributed by atoms with Crippen molar-refractivity contribution in [2.75, 3.05) is 0 Å². The average Bonchev–Trinajstić information content (AvgIpc) is 3.03. The fourth-order valence-electron chi connectivity index (χ4n) is 2.38. The fraction of sp³-hybridized carbons (Fsp3) is 0.286. The van der Waals surface area contributed by atoms with Gasteiger partial charge in [0.25, 0.3) is 6.43 Å². The Morgan fingerprint density at radius 2 is 2.11 bits per heavy atom. The van der Waals surface area contributed by atoms with E-state index in [9.17, 15) is 17.2 Å². The minimum absolute atomic E-state index is 0.0779. The molecule has 1 fully saturated rings. The average molecular weight is 476 g/mol. The molecule has 3 aromatic rings. The number of nitrogens with one attached hydrogen (secondary N) is 1. The number of nitriles is 1. The molecule has 0 spiro atoms. The number of hydrogen-bond acceptors (Lipinski definition) is 8. The lowest BCUT2D eigenvalue weighted by Crippen LogP contribution is -2.35. The zero-order chi connectivity index (χ0) is 19.4. The van der Waals surface area contributed by atoms with Gasteiger partial charge in [-0.3, -0.25) is 0 Å². The Labute approximate surface area is 163 Å². The predicted molar refractivity (Wildman–Crippen MR) is 93.5 cm³/mol. The van der Waals surface area contributed by atoms with Crippen molar-refractivity contribution in [3.8, 4) is 16.8 Å². The van der Waals surface area contributed by atoms with Gasteiger partial charge in [-0.05, 0) is 40.9 Å². The Morgan fingerprint density at radius 3 is 2.70 bits per heavy atom. The molecule has 13 heteroatoms. The van der Waals surface area contributed by atoms with Crippen LogP contribution < -0.4 is 4.72 Å². The minimum atomic E-state index is -3.99. The summed E-state index contributed by atoms with van der Waals surface area (Å²) in [6.07, 6.45) is -1.90. The molecule has 0 aliphatic heterocycles. The molecule has 0 unspecified atom stereocenters. The van der Waals surface area contributed by atoms with E-state index in [0.717, 1.165) is 0 Å². The van der Waals surface area contributed by atoms with Crippen molar-refractivity contribution in [3.05, 3.63) is 21.6 Å². The van der Waals surface area contributed by atoms with Crippen LogP contribution in [-0.2, 0) is 10.0 Å². The van der Waals surface area contributed by atoms with E-state index in [0.29, 0.717) is 28.7 Å². The van der Waals surface area contributed by atoms with Gasteiger partial charge in [0.1, 0.15) is 5.54 Å². The third-order valence-corrected chi connectivity index (χ3v) is 6.98. The van der Waals surface area contributed by atoms with Gasteiger partial charge in [0.05, 0.1) is 20.8 Å². The topological polar surface area (TPSA) is 122 Å². The maximum atomic E-state index is 12.8. The molecule has 2 aromatic heterocycles. The predicted octanol–water partition coefficient (Wildman–Crippen LogP) is 3.38. The summed E-state index contributed by atoms with van der Waals surface area (Å²) in [5.41, 5.74) is -0.740. The van der Waals surface area contributed by atoms with Crippen molar-refractivity contribution in [3.63, 3.8) is 0 Å². The largest absolute Gasteiger partial charge is 0.354 e. The van der Waals surface area contributed by atoms with Crippen LogP contribution in [0, 0.1) is 11.3 Å². The van der Waals surface area contributed by atoms with E-state index in [2.05, 4.69) is 36.0 Å². The lowest BCUT2D eigenvalue weighted by Gasteiger charge is -2.10. The van der Waals surface area contributed by atoms with Crippen molar-refractivity contribution in [2.24, 2.45) is 0 Å². The number of aromatic nitrogens is 3. The molecule has 1 N–H and O–H groups in total. The molecule has 1 aliphatic rings. The lowest BCUT2D eigenvalue weighted by molar-refractivity contribution is 0.150. The van der Waals surface area contributed by atoms with Crippen LogP contribution in [-0.4, -0.2) is 29.3 Å². The summed E-state index contributed by atoms with van der Waals surface area (Å²) in [6.45, 7) is 0. The van der Waals surface area contributed by atoms with Crippen molar-refractivity contribution < 1.29 is 21.7 Å². The maximum absolute atomic E-state index is 12.8. The van der Waals surface area contributed by atoms with Crippen LogP contribution in [0.3, 0.4) is 0 Å². The van der Waals surface area contributed by atoms with E-state index in [1.54, 1.807) is 0 Å². The second kappa shape index (κ2) is 6.26. The number of hydrogen-bond donors (Lipinski definition) is 1. The van der Waals surface area contributed by atoms with Crippen LogP contribution in [0.25, 0.3) is 21.7 Å². The number of benzene rings is 1. The fourth-order valence-corrected chi connectivity index (χ4v) is 5.19. The second-order valence-corrected chi connectivity index (χ2v) is 9.40. The number of alkyl halides is 2. The van der Waals surface area contributed by atoms with Gasteiger partial charge in [-0.2, -0.15) is 9.98 Å². The number of nitrogens with zero attached hydrogens (tertiary/aromatic N) is 4. The molecule has 8 nitrogen and oxygen atoms in total. The highest BCUT2D eigenvalue weighted by atomic mass is 79.9. The minimum Gasteiger partial charge on any atom is -0.354 e. The summed E-state index contributed by atoms with van der Waals surface area (Å²) in [5.74, 6) is 0. The summed E-state index contributed by atoms with van der Waals surface area (Å²) in [6, 6.07) is 4.57. The molecule has 0 saturated heterocycles. The van der Waals surface area contributed by atoms with Crippen LogP contribution in [0.4, 0.5) is 8.78 Å². The molecule has 1 aliphatic carbocycles. The number of halogens is 3. The summed E-state index contributed by atoms with van der Waals surface area (Å²) in [7, 11) is -3.99. The van der Waals surface area contributed by atoms with Crippen LogP contribution in [0.15, 0.2) is 26.0 Å².